The van der Waals surface area contributed by atoms with Gasteiger partial charge in [-0.05, 0) is 54.8 Å². The number of hydrogen-bond acceptors (Lipinski definition) is 2. The van der Waals surface area contributed by atoms with Crippen molar-refractivity contribution in [2.45, 2.75) is 26.3 Å². The summed E-state index contributed by atoms with van der Waals surface area (Å²) >= 11 is 6.15. The van der Waals surface area contributed by atoms with Crippen LogP contribution in [0.5, 0.6) is 0 Å². The molecule has 3 aromatic rings. The monoisotopic (exact) mass is 406 g/mol. The van der Waals surface area contributed by atoms with Gasteiger partial charge in [0.15, 0.2) is 0 Å². The van der Waals surface area contributed by atoms with Crippen LogP contribution in [0.4, 0.5) is 5.69 Å². The van der Waals surface area contributed by atoms with E-state index >= 15 is 0 Å². The molecule has 0 radical (unpaired) electrons. The van der Waals surface area contributed by atoms with E-state index in [0.717, 1.165) is 22.4 Å². The van der Waals surface area contributed by atoms with Gasteiger partial charge in [-0.2, -0.15) is 0 Å². The van der Waals surface area contributed by atoms with Gasteiger partial charge in [0.05, 0.1) is 23.0 Å². The second-order valence-corrected chi connectivity index (χ2v) is 7.38. The van der Waals surface area contributed by atoms with Gasteiger partial charge in [0, 0.05) is 5.69 Å². The Morgan fingerprint density at radius 3 is 2.28 bits per heavy atom. The minimum atomic E-state index is -0.480. The summed E-state index contributed by atoms with van der Waals surface area (Å²) in [5, 5.41) is 6.23. The fourth-order valence-electron chi connectivity index (χ4n) is 3.04. The summed E-state index contributed by atoms with van der Waals surface area (Å²) in [6.45, 7) is 4.03. The molecule has 0 aliphatic rings. The highest BCUT2D eigenvalue weighted by Crippen LogP contribution is 2.21. The van der Waals surface area contributed by atoms with Crippen LogP contribution in [0.15, 0.2) is 72.8 Å². The lowest BCUT2D eigenvalue weighted by atomic mass is 10.0. The Morgan fingerprint density at radius 1 is 0.897 bits per heavy atom. The van der Waals surface area contributed by atoms with Crippen LogP contribution in [0, 0.1) is 13.8 Å². The molecule has 3 aromatic carbocycles. The zero-order valence-corrected chi connectivity index (χ0v) is 17.2. The van der Waals surface area contributed by atoms with Crippen molar-refractivity contribution in [2.24, 2.45) is 0 Å². The molecule has 0 aliphatic heterocycles. The Hall–Kier alpha value is -3.11. The number of benzene rings is 3. The van der Waals surface area contributed by atoms with Crippen molar-refractivity contribution >= 4 is 29.1 Å². The Kier molecular flexibility index (Phi) is 6.68. The standard InChI is InChI=1S/C24H23ClN2O2/c1-16-12-13-19(14-17(16)2)26-23(28)15-22(18-8-4-3-5-9-18)27-24(29)20-10-6-7-11-21(20)25/h3-14,22H,15H2,1-2H3,(H,26,28)(H,27,29)/t22-/m0/s1. The van der Waals surface area contributed by atoms with Crippen LogP contribution in [0.3, 0.4) is 0 Å². The molecule has 0 fully saturated rings. The van der Waals surface area contributed by atoms with Gasteiger partial charge in [-0.1, -0.05) is 60.1 Å². The van der Waals surface area contributed by atoms with Crippen LogP contribution in [0.1, 0.15) is 39.5 Å². The number of carbonyl (C=O) groups is 2. The van der Waals surface area contributed by atoms with E-state index in [1.165, 1.54) is 0 Å². The second-order valence-electron chi connectivity index (χ2n) is 6.97. The van der Waals surface area contributed by atoms with Crippen LogP contribution < -0.4 is 10.6 Å². The highest BCUT2D eigenvalue weighted by Gasteiger charge is 2.20. The van der Waals surface area contributed by atoms with Crippen LogP contribution >= 0.6 is 11.6 Å². The molecule has 148 valence electrons. The summed E-state index contributed by atoms with van der Waals surface area (Å²) in [6, 6.07) is 21.6. The highest BCUT2D eigenvalue weighted by atomic mass is 35.5. The summed E-state index contributed by atoms with van der Waals surface area (Å²) in [4.78, 5) is 25.4. The first-order valence-corrected chi connectivity index (χ1v) is 9.79. The predicted molar refractivity (Wildman–Crippen MR) is 117 cm³/mol. The van der Waals surface area contributed by atoms with Gasteiger partial charge in [0.25, 0.3) is 5.91 Å². The van der Waals surface area contributed by atoms with E-state index in [9.17, 15) is 9.59 Å². The van der Waals surface area contributed by atoms with E-state index in [0.29, 0.717) is 10.6 Å². The Balaban J connectivity index is 1.77. The van der Waals surface area contributed by atoms with Crippen molar-refractivity contribution in [3.8, 4) is 0 Å². The van der Waals surface area contributed by atoms with Gasteiger partial charge in [-0.15, -0.1) is 0 Å². The normalized spacial score (nSPS) is 11.6. The van der Waals surface area contributed by atoms with E-state index in [1.54, 1.807) is 24.3 Å². The molecule has 0 saturated heterocycles. The van der Waals surface area contributed by atoms with Gasteiger partial charge < -0.3 is 10.6 Å². The molecule has 29 heavy (non-hydrogen) atoms. The molecule has 0 unspecified atom stereocenters. The maximum absolute atomic E-state index is 12.7. The third-order valence-electron chi connectivity index (χ3n) is 4.81. The van der Waals surface area contributed by atoms with Crippen molar-refractivity contribution in [1.82, 2.24) is 5.32 Å². The molecule has 3 rings (SSSR count). The summed E-state index contributed by atoms with van der Waals surface area (Å²) in [5.41, 5.74) is 4.24. The molecule has 2 amide bonds. The number of aryl methyl sites for hydroxylation is 2. The largest absolute Gasteiger partial charge is 0.345 e. The number of nitrogens with one attached hydrogen (secondary N) is 2. The molecule has 2 N–H and O–H groups in total. The number of carbonyl (C=O) groups excluding carboxylic acids is 2. The number of halogens is 1. The molecule has 0 aliphatic carbocycles. The first-order valence-electron chi connectivity index (χ1n) is 9.41. The fourth-order valence-corrected chi connectivity index (χ4v) is 3.26. The Labute approximate surface area is 175 Å². The zero-order valence-electron chi connectivity index (χ0n) is 16.4. The minimum Gasteiger partial charge on any atom is -0.345 e. The smallest absolute Gasteiger partial charge is 0.253 e. The quantitative estimate of drug-likeness (QED) is 0.571. The molecular formula is C24H23ClN2O2. The fraction of sp³-hybridized carbons (Fsp3) is 0.167. The first-order chi connectivity index (χ1) is 13.9. The van der Waals surface area contributed by atoms with Gasteiger partial charge >= 0.3 is 0 Å². The third kappa shape index (κ3) is 5.46. The number of rotatable bonds is 6. The lowest BCUT2D eigenvalue weighted by molar-refractivity contribution is -0.116. The van der Waals surface area contributed by atoms with E-state index < -0.39 is 6.04 Å². The molecule has 0 heterocycles. The van der Waals surface area contributed by atoms with Crippen LogP contribution in [-0.2, 0) is 4.79 Å². The lowest BCUT2D eigenvalue weighted by Crippen LogP contribution is -2.31. The van der Waals surface area contributed by atoms with Crippen molar-refractivity contribution in [3.05, 3.63) is 100 Å². The van der Waals surface area contributed by atoms with E-state index in [-0.39, 0.29) is 18.2 Å². The zero-order chi connectivity index (χ0) is 20.8. The maximum atomic E-state index is 12.7. The molecule has 0 spiro atoms. The Morgan fingerprint density at radius 2 is 1.59 bits per heavy atom. The van der Waals surface area contributed by atoms with Crippen molar-refractivity contribution in [1.29, 1.82) is 0 Å². The van der Waals surface area contributed by atoms with Gasteiger partial charge in [-0.25, -0.2) is 0 Å². The van der Waals surface area contributed by atoms with Gasteiger partial charge in [0.1, 0.15) is 0 Å². The average Bonchev–Trinajstić information content (AvgIpc) is 2.71. The van der Waals surface area contributed by atoms with Gasteiger partial charge in [0.2, 0.25) is 5.91 Å². The first kappa shape index (κ1) is 20.6. The minimum absolute atomic E-state index is 0.104. The summed E-state index contributed by atoms with van der Waals surface area (Å²) in [6.07, 6.45) is 0.104. The summed E-state index contributed by atoms with van der Waals surface area (Å²) in [7, 11) is 0. The highest BCUT2D eigenvalue weighted by molar-refractivity contribution is 6.33. The molecule has 5 heteroatoms. The van der Waals surface area contributed by atoms with E-state index in [1.807, 2.05) is 62.4 Å². The van der Waals surface area contributed by atoms with Crippen LogP contribution in [0.2, 0.25) is 5.02 Å². The SMILES string of the molecule is Cc1ccc(NC(=O)C[C@H](NC(=O)c2ccccc2Cl)c2ccccc2)cc1C. The molecule has 0 aromatic heterocycles. The van der Waals surface area contributed by atoms with Gasteiger partial charge in [-0.3, -0.25) is 9.59 Å². The molecule has 1 atom stereocenters. The van der Waals surface area contributed by atoms with Crippen molar-refractivity contribution in [3.63, 3.8) is 0 Å². The summed E-state index contributed by atoms with van der Waals surface area (Å²) < 4.78 is 0. The summed E-state index contributed by atoms with van der Waals surface area (Å²) in [5.74, 6) is -0.495. The number of anilines is 1. The molecule has 0 saturated carbocycles. The third-order valence-corrected chi connectivity index (χ3v) is 5.14. The lowest BCUT2D eigenvalue weighted by Gasteiger charge is -2.19. The Bertz CT molecular complexity index is 1020. The number of amides is 2. The van der Waals surface area contributed by atoms with E-state index in [2.05, 4.69) is 10.6 Å². The second kappa shape index (κ2) is 9.39. The molecule has 4 nitrogen and oxygen atoms in total. The van der Waals surface area contributed by atoms with Crippen LogP contribution in [0.25, 0.3) is 0 Å². The van der Waals surface area contributed by atoms with Crippen LogP contribution in [-0.4, -0.2) is 11.8 Å². The molecular weight excluding hydrogens is 384 g/mol. The average molecular weight is 407 g/mol. The number of hydrogen-bond donors (Lipinski definition) is 2. The maximum Gasteiger partial charge on any atom is 0.253 e. The van der Waals surface area contributed by atoms with Crippen molar-refractivity contribution < 1.29 is 9.59 Å². The predicted octanol–water partition coefficient (Wildman–Crippen LogP) is 5.46. The van der Waals surface area contributed by atoms with Crippen molar-refractivity contribution in [2.75, 3.05) is 5.32 Å². The topological polar surface area (TPSA) is 58.2 Å². The van der Waals surface area contributed by atoms with E-state index in [4.69, 9.17) is 11.6 Å². The molecule has 0 bridgehead atoms.